The minimum absolute atomic E-state index is 0.271. The molecule has 1 unspecified atom stereocenters. The van der Waals surface area contributed by atoms with Crippen LogP contribution < -0.4 is 5.32 Å². The molecule has 102 valence electrons. The Labute approximate surface area is 123 Å². The van der Waals surface area contributed by atoms with Gasteiger partial charge in [-0.05, 0) is 42.3 Å². The van der Waals surface area contributed by atoms with E-state index >= 15 is 0 Å². The first-order valence-corrected chi connectivity index (χ1v) is 7.09. The number of halogens is 1. The van der Waals surface area contributed by atoms with Crippen LogP contribution in [-0.2, 0) is 0 Å². The van der Waals surface area contributed by atoms with Gasteiger partial charge in [0.2, 0.25) is 0 Å². The zero-order valence-corrected chi connectivity index (χ0v) is 12.0. The van der Waals surface area contributed by atoms with Crippen molar-refractivity contribution < 1.29 is 0 Å². The summed E-state index contributed by atoms with van der Waals surface area (Å²) in [7, 11) is 0. The van der Waals surface area contributed by atoms with Crippen molar-refractivity contribution in [2.75, 3.05) is 5.32 Å². The molecule has 0 spiro atoms. The lowest BCUT2D eigenvalue weighted by Crippen LogP contribution is -2.09. The molecule has 3 rings (SSSR count). The topological polar surface area (TPSA) is 40.7 Å². The highest BCUT2D eigenvalue weighted by atomic mass is 35.5. The molecule has 0 saturated carbocycles. The van der Waals surface area contributed by atoms with E-state index in [0.29, 0.717) is 0 Å². The maximum Gasteiger partial charge on any atom is 0.0670 e. The number of hydrogen-bond donors (Lipinski definition) is 2. The number of fused-ring (bicyclic) bond motifs is 1. The third kappa shape index (κ3) is 2.63. The number of benzene rings is 2. The van der Waals surface area contributed by atoms with Gasteiger partial charge in [-0.3, -0.25) is 5.10 Å². The predicted octanol–water partition coefficient (Wildman–Crippen LogP) is 4.78. The van der Waals surface area contributed by atoms with Gasteiger partial charge in [0.25, 0.3) is 0 Å². The number of aromatic nitrogens is 2. The molecule has 0 aliphatic carbocycles. The summed E-state index contributed by atoms with van der Waals surface area (Å²) in [4.78, 5) is 0. The van der Waals surface area contributed by atoms with E-state index in [-0.39, 0.29) is 6.04 Å². The van der Waals surface area contributed by atoms with Crippen LogP contribution in [-0.4, -0.2) is 10.2 Å². The molecule has 0 fully saturated rings. The number of anilines is 1. The van der Waals surface area contributed by atoms with Crippen molar-refractivity contribution in [3.05, 3.63) is 59.2 Å². The second-order valence-electron chi connectivity index (χ2n) is 4.83. The molecule has 3 aromatic rings. The fourth-order valence-electron chi connectivity index (χ4n) is 2.34. The molecule has 0 aliphatic rings. The van der Waals surface area contributed by atoms with Gasteiger partial charge in [-0.2, -0.15) is 5.10 Å². The van der Waals surface area contributed by atoms with E-state index in [1.54, 1.807) is 0 Å². The average Bonchev–Trinajstić information content (AvgIpc) is 2.93. The monoisotopic (exact) mass is 285 g/mol. The molecule has 2 aromatic carbocycles. The second-order valence-corrected chi connectivity index (χ2v) is 5.27. The molecule has 2 N–H and O–H groups in total. The van der Waals surface area contributed by atoms with Gasteiger partial charge in [0.1, 0.15) is 0 Å². The van der Waals surface area contributed by atoms with Crippen molar-refractivity contribution in [1.29, 1.82) is 0 Å². The number of nitrogens with one attached hydrogen (secondary N) is 2. The minimum atomic E-state index is 0.271. The zero-order valence-electron chi connectivity index (χ0n) is 11.2. The van der Waals surface area contributed by atoms with Crippen molar-refractivity contribution >= 4 is 28.2 Å². The molecule has 0 aliphatic heterocycles. The quantitative estimate of drug-likeness (QED) is 0.724. The molecule has 0 saturated heterocycles. The first-order chi connectivity index (χ1) is 9.76. The summed E-state index contributed by atoms with van der Waals surface area (Å²) >= 11 is 5.94. The molecule has 0 bridgehead atoms. The van der Waals surface area contributed by atoms with Crippen LogP contribution in [0.4, 0.5) is 5.69 Å². The maximum absolute atomic E-state index is 5.94. The smallest absolute Gasteiger partial charge is 0.0670 e. The first kappa shape index (κ1) is 13.0. The molecular formula is C16H16ClN3. The van der Waals surface area contributed by atoms with Gasteiger partial charge < -0.3 is 5.32 Å². The van der Waals surface area contributed by atoms with Gasteiger partial charge in [-0.25, -0.2) is 0 Å². The lowest BCUT2D eigenvalue weighted by molar-refractivity contribution is 0.749. The predicted molar refractivity (Wildman–Crippen MR) is 84.2 cm³/mol. The Kier molecular flexibility index (Phi) is 3.61. The van der Waals surface area contributed by atoms with Crippen LogP contribution >= 0.6 is 11.6 Å². The third-order valence-electron chi connectivity index (χ3n) is 3.46. The zero-order chi connectivity index (χ0) is 13.9. The Bertz CT molecular complexity index is 703. The Morgan fingerprint density at radius 2 is 2.00 bits per heavy atom. The SMILES string of the molecule is CCC(Nc1ccc2cn[nH]c2c1)c1ccc(Cl)cc1. The van der Waals surface area contributed by atoms with E-state index in [4.69, 9.17) is 11.6 Å². The fourth-order valence-corrected chi connectivity index (χ4v) is 2.47. The summed E-state index contributed by atoms with van der Waals surface area (Å²) in [6, 6.07) is 14.5. The number of H-pyrrole nitrogens is 1. The summed E-state index contributed by atoms with van der Waals surface area (Å²) < 4.78 is 0. The number of hydrogen-bond acceptors (Lipinski definition) is 2. The minimum Gasteiger partial charge on any atom is -0.378 e. The molecule has 1 atom stereocenters. The van der Waals surface area contributed by atoms with Crippen molar-refractivity contribution in [3.8, 4) is 0 Å². The maximum atomic E-state index is 5.94. The summed E-state index contributed by atoms with van der Waals surface area (Å²) in [6.45, 7) is 2.17. The van der Waals surface area contributed by atoms with Gasteiger partial charge >= 0.3 is 0 Å². The van der Waals surface area contributed by atoms with Crippen molar-refractivity contribution in [2.24, 2.45) is 0 Å². The summed E-state index contributed by atoms with van der Waals surface area (Å²) in [5.41, 5.74) is 3.37. The van der Waals surface area contributed by atoms with E-state index in [9.17, 15) is 0 Å². The van der Waals surface area contributed by atoms with Crippen molar-refractivity contribution in [2.45, 2.75) is 19.4 Å². The average molecular weight is 286 g/mol. The molecule has 1 heterocycles. The molecule has 1 aromatic heterocycles. The number of nitrogens with zero attached hydrogens (tertiary/aromatic N) is 1. The lowest BCUT2D eigenvalue weighted by Gasteiger charge is -2.19. The highest BCUT2D eigenvalue weighted by molar-refractivity contribution is 6.30. The molecular weight excluding hydrogens is 270 g/mol. The lowest BCUT2D eigenvalue weighted by atomic mass is 10.0. The highest BCUT2D eigenvalue weighted by Gasteiger charge is 2.09. The largest absolute Gasteiger partial charge is 0.378 e. The van der Waals surface area contributed by atoms with Crippen LogP contribution in [0.5, 0.6) is 0 Å². The standard InChI is InChI=1S/C16H16ClN3/c1-2-15(11-3-6-13(17)7-4-11)19-14-8-5-12-10-18-20-16(12)9-14/h3-10,15,19H,2H2,1H3,(H,18,20). The Morgan fingerprint density at radius 3 is 2.75 bits per heavy atom. The van der Waals surface area contributed by atoms with Crippen molar-refractivity contribution in [3.63, 3.8) is 0 Å². The van der Waals surface area contributed by atoms with E-state index in [1.807, 2.05) is 18.3 Å². The van der Waals surface area contributed by atoms with Gasteiger partial charge in [0, 0.05) is 16.1 Å². The van der Waals surface area contributed by atoms with Crippen LogP contribution in [0.25, 0.3) is 10.9 Å². The van der Waals surface area contributed by atoms with E-state index in [2.05, 4.69) is 52.8 Å². The Hall–Kier alpha value is -2.00. The van der Waals surface area contributed by atoms with Crippen molar-refractivity contribution in [1.82, 2.24) is 10.2 Å². The Morgan fingerprint density at radius 1 is 1.20 bits per heavy atom. The van der Waals surface area contributed by atoms with Gasteiger partial charge in [-0.1, -0.05) is 30.7 Å². The van der Waals surface area contributed by atoms with Gasteiger partial charge in [0.15, 0.2) is 0 Å². The fraction of sp³-hybridized carbons (Fsp3) is 0.188. The van der Waals surface area contributed by atoms with Crippen LogP contribution in [0.15, 0.2) is 48.7 Å². The summed E-state index contributed by atoms with van der Waals surface area (Å²) in [6.07, 6.45) is 2.83. The molecule has 4 heteroatoms. The number of aromatic amines is 1. The van der Waals surface area contributed by atoms with E-state index in [0.717, 1.165) is 28.0 Å². The Balaban J connectivity index is 1.84. The molecule has 20 heavy (non-hydrogen) atoms. The van der Waals surface area contributed by atoms with Crippen LogP contribution in [0.2, 0.25) is 5.02 Å². The van der Waals surface area contributed by atoms with Crippen LogP contribution in [0.1, 0.15) is 24.9 Å². The van der Waals surface area contributed by atoms with E-state index < -0.39 is 0 Å². The van der Waals surface area contributed by atoms with E-state index in [1.165, 1.54) is 5.56 Å². The summed E-state index contributed by atoms with van der Waals surface area (Å²) in [5, 5.41) is 12.5. The third-order valence-corrected chi connectivity index (χ3v) is 3.72. The molecule has 0 radical (unpaired) electrons. The number of rotatable bonds is 4. The van der Waals surface area contributed by atoms with Gasteiger partial charge in [-0.15, -0.1) is 0 Å². The normalized spacial score (nSPS) is 12.5. The molecule has 0 amide bonds. The second kappa shape index (κ2) is 5.55. The van der Waals surface area contributed by atoms with Gasteiger partial charge in [0.05, 0.1) is 17.8 Å². The molecule has 3 nitrogen and oxygen atoms in total. The van der Waals surface area contributed by atoms with Crippen LogP contribution in [0.3, 0.4) is 0 Å². The first-order valence-electron chi connectivity index (χ1n) is 6.71. The van der Waals surface area contributed by atoms with Crippen LogP contribution in [0, 0.1) is 0 Å². The highest BCUT2D eigenvalue weighted by Crippen LogP contribution is 2.25. The summed E-state index contributed by atoms with van der Waals surface area (Å²) in [5.74, 6) is 0.